The summed E-state index contributed by atoms with van der Waals surface area (Å²) in [4.78, 5) is 15.8. The molecule has 0 bridgehead atoms. The molecular weight excluding hydrogens is 252 g/mol. The van der Waals surface area contributed by atoms with Gasteiger partial charge in [-0.2, -0.15) is 0 Å². The third kappa shape index (κ3) is 9.32. The molecule has 0 saturated heterocycles. The van der Waals surface area contributed by atoms with Crippen molar-refractivity contribution in [3.63, 3.8) is 0 Å². The van der Waals surface area contributed by atoms with Crippen LogP contribution in [0.25, 0.3) is 0 Å². The molecule has 0 aromatic heterocycles. The molecule has 0 heterocycles. The normalized spacial score (nSPS) is 13.4. The van der Waals surface area contributed by atoms with Gasteiger partial charge in [0.15, 0.2) is 0 Å². The van der Waals surface area contributed by atoms with Crippen LogP contribution in [-0.2, 0) is 4.79 Å². The quantitative estimate of drug-likeness (QED) is 0.599. The largest absolute Gasteiger partial charge is 0.481 e. The van der Waals surface area contributed by atoms with Gasteiger partial charge in [-0.1, -0.05) is 34.6 Å². The highest BCUT2D eigenvalue weighted by molar-refractivity contribution is 5.69. The Morgan fingerprint density at radius 2 is 1.55 bits per heavy atom. The monoisotopic (exact) mass is 286 g/mol. The molecular formula is C16H34N2O2. The van der Waals surface area contributed by atoms with Crippen molar-refractivity contribution in [2.75, 3.05) is 39.3 Å². The minimum atomic E-state index is -0.691. The van der Waals surface area contributed by atoms with Gasteiger partial charge >= 0.3 is 5.97 Å². The Bertz CT molecular complexity index is 253. The van der Waals surface area contributed by atoms with Gasteiger partial charge in [0, 0.05) is 6.54 Å². The molecule has 1 unspecified atom stereocenters. The molecule has 0 spiro atoms. The van der Waals surface area contributed by atoms with E-state index >= 15 is 0 Å². The first-order valence-electron chi connectivity index (χ1n) is 8.08. The SMILES string of the molecule is CCN(CC)CCCN(CCC(C)C)CC(C)C(=O)O. The molecule has 120 valence electrons. The third-order valence-corrected chi connectivity index (χ3v) is 3.82. The summed E-state index contributed by atoms with van der Waals surface area (Å²) >= 11 is 0. The summed E-state index contributed by atoms with van der Waals surface area (Å²) in [5, 5.41) is 9.06. The maximum atomic E-state index is 11.0. The Kier molecular flexibility index (Phi) is 10.8. The number of carboxylic acid groups (broad SMARTS) is 1. The van der Waals surface area contributed by atoms with Crippen molar-refractivity contribution in [3.05, 3.63) is 0 Å². The molecule has 0 radical (unpaired) electrons. The van der Waals surface area contributed by atoms with Crippen LogP contribution in [-0.4, -0.2) is 60.1 Å². The lowest BCUT2D eigenvalue weighted by Gasteiger charge is -2.26. The number of aliphatic carboxylic acids is 1. The van der Waals surface area contributed by atoms with Crippen molar-refractivity contribution in [2.24, 2.45) is 11.8 Å². The first kappa shape index (κ1) is 19.4. The Labute approximate surface area is 125 Å². The molecule has 0 aliphatic heterocycles. The Morgan fingerprint density at radius 1 is 1.00 bits per heavy atom. The maximum Gasteiger partial charge on any atom is 0.307 e. The second kappa shape index (κ2) is 11.1. The second-order valence-corrected chi connectivity index (χ2v) is 6.10. The highest BCUT2D eigenvalue weighted by Crippen LogP contribution is 2.07. The van der Waals surface area contributed by atoms with Crippen LogP contribution in [0.3, 0.4) is 0 Å². The summed E-state index contributed by atoms with van der Waals surface area (Å²) in [5.74, 6) is -0.306. The first-order chi connectivity index (χ1) is 9.40. The van der Waals surface area contributed by atoms with E-state index in [-0.39, 0.29) is 5.92 Å². The molecule has 4 nitrogen and oxygen atoms in total. The maximum absolute atomic E-state index is 11.0. The number of carboxylic acids is 1. The van der Waals surface area contributed by atoms with E-state index in [0.29, 0.717) is 12.5 Å². The van der Waals surface area contributed by atoms with E-state index in [1.54, 1.807) is 6.92 Å². The molecule has 0 aromatic carbocycles. The number of carbonyl (C=O) groups is 1. The molecule has 0 saturated carbocycles. The van der Waals surface area contributed by atoms with Crippen LogP contribution < -0.4 is 0 Å². The van der Waals surface area contributed by atoms with Crippen molar-refractivity contribution in [1.29, 1.82) is 0 Å². The lowest BCUT2D eigenvalue weighted by atomic mass is 10.1. The first-order valence-corrected chi connectivity index (χ1v) is 8.08. The average molecular weight is 286 g/mol. The molecule has 0 aromatic rings. The zero-order valence-corrected chi connectivity index (χ0v) is 14.1. The zero-order valence-electron chi connectivity index (χ0n) is 14.1. The average Bonchev–Trinajstić information content (AvgIpc) is 2.40. The van der Waals surface area contributed by atoms with Crippen molar-refractivity contribution < 1.29 is 9.90 Å². The van der Waals surface area contributed by atoms with Gasteiger partial charge < -0.3 is 14.9 Å². The molecule has 0 aliphatic rings. The van der Waals surface area contributed by atoms with E-state index in [1.807, 2.05) is 0 Å². The lowest BCUT2D eigenvalue weighted by Crippen LogP contribution is -2.35. The highest BCUT2D eigenvalue weighted by atomic mass is 16.4. The summed E-state index contributed by atoms with van der Waals surface area (Å²) in [6.07, 6.45) is 2.25. The number of hydrogen-bond donors (Lipinski definition) is 1. The van der Waals surface area contributed by atoms with Gasteiger partial charge in [-0.15, -0.1) is 0 Å². The fourth-order valence-electron chi connectivity index (χ4n) is 2.26. The Balaban J connectivity index is 4.19. The second-order valence-electron chi connectivity index (χ2n) is 6.10. The van der Waals surface area contributed by atoms with Gasteiger partial charge in [-0.05, 0) is 51.5 Å². The standard InChI is InChI=1S/C16H34N2O2/c1-6-17(7-2)10-8-11-18(12-9-14(3)4)13-15(5)16(19)20/h14-15H,6-13H2,1-5H3,(H,19,20). The van der Waals surface area contributed by atoms with Gasteiger partial charge in [0.2, 0.25) is 0 Å². The predicted molar refractivity (Wildman–Crippen MR) is 85.1 cm³/mol. The molecule has 1 N–H and O–H groups in total. The summed E-state index contributed by atoms with van der Waals surface area (Å²) in [5.41, 5.74) is 0. The van der Waals surface area contributed by atoms with Gasteiger partial charge in [-0.25, -0.2) is 0 Å². The van der Waals surface area contributed by atoms with Gasteiger partial charge in [0.05, 0.1) is 5.92 Å². The highest BCUT2D eigenvalue weighted by Gasteiger charge is 2.16. The van der Waals surface area contributed by atoms with Gasteiger partial charge in [0.1, 0.15) is 0 Å². The fourth-order valence-corrected chi connectivity index (χ4v) is 2.26. The van der Waals surface area contributed by atoms with Crippen molar-refractivity contribution >= 4 is 5.97 Å². The summed E-state index contributed by atoms with van der Waals surface area (Å²) in [7, 11) is 0. The summed E-state index contributed by atoms with van der Waals surface area (Å²) in [6.45, 7) is 16.6. The molecule has 1 atom stereocenters. The summed E-state index contributed by atoms with van der Waals surface area (Å²) < 4.78 is 0. The van der Waals surface area contributed by atoms with E-state index in [1.165, 1.54) is 0 Å². The van der Waals surface area contributed by atoms with Gasteiger partial charge in [-0.3, -0.25) is 4.79 Å². The zero-order chi connectivity index (χ0) is 15.5. The van der Waals surface area contributed by atoms with E-state index in [2.05, 4.69) is 37.5 Å². The van der Waals surface area contributed by atoms with Gasteiger partial charge in [0.25, 0.3) is 0 Å². The number of nitrogens with zero attached hydrogens (tertiary/aromatic N) is 2. The lowest BCUT2D eigenvalue weighted by molar-refractivity contribution is -0.141. The Hall–Kier alpha value is -0.610. The molecule has 0 aliphatic carbocycles. The number of rotatable bonds is 12. The molecule has 0 amide bonds. The van der Waals surface area contributed by atoms with Crippen LogP contribution in [0.1, 0.15) is 47.5 Å². The predicted octanol–water partition coefficient (Wildman–Crippen LogP) is 2.79. The molecule has 20 heavy (non-hydrogen) atoms. The minimum absolute atomic E-state index is 0.282. The van der Waals surface area contributed by atoms with Crippen molar-refractivity contribution in [1.82, 2.24) is 9.80 Å². The van der Waals surface area contributed by atoms with Crippen LogP contribution in [0, 0.1) is 11.8 Å². The smallest absolute Gasteiger partial charge is 0.307 e. The van der Waals surface area contributed by atoms with Crippen LogP contribution >= 0.6 is 0 Å². The van der Waals surface area contributed by atoms with Crippen LogP contribution in [0.5, 0.6) is 0 Å². The number of hydrogen-bond acceptors (Lipinski definition) is 3. The molecule has 4 heteroatoms. The van der Waals surface area contributed by atoms with Crippen LogP contribution in [0.4, 0.5) is 0 Å². The van der Waals surface area contributed by atoms with E-state index in [4.69, 9.17) is 5.11 Å². The topological polar surface area (TPSA) is 43.8 Å². The minimum Gasteiger partial charge on any atom is -0.481 e. The summed E-state index contributed by atoms with van der Waals surface area (Å²) in [6, 6.07) is 0. The fraction of sp³-hybridized carbons (Fsp3) is 0.938. The van der Waals surface area contributed by atoms with E-state index < -0.39 is 5.97 Å². The Morgan fingerprint density at radius 3 is 2.00 bits per heavy atom. The van der Waals surface area contributed by atoms with E-state index in [0.717, 1.165) is 45.6 Å². The third-order valence-electron chi connectivity index (χ3n) is 3.82. The van der Waals surface area contributed by atoms with E-state index in [9.17, 15) is 4.79 Å². The van der Waals surface area contributed by atoms with Crippen LogP contribution in [0.2, 0.25) is 0 Å². The van der Waals surface area contributed by atoms with Crippen molar-refractivity contribution in [2.45, 2.75) is 47.5 Å². The van der Waals surface area contributed by atoms with Crippen molar-refractivity contribution in [3.8, 4) is 0 Å². The van der Waals surface area contributed by atoms with Crippen LogP contribution in [0.15, 0.2) is 0 Å². The molecule has 0 rings (SSSR count). The molecule has 0 fully saturated rings.